The average Bonchev–Trinajstić information content (AvgIpc) is 2.35. The van der Waals surface area contributed by atoms with Gasteiger partial charge in [0.05, 0.1) is 12.1 Å². The second-order valence-electron chi connectivity index (χ2n) is 5.46. The maximum Gasteiger partial charge on any atom is 0.246 e. The molecule has 1 aromatic carbocycles. The van der Waals surface area contributed by atoms with E-state index in [1.54, 1.807) is 24.8 Å². The third-order valence-electron chi connectivity index (χ3n) is 3.56. The summed E-state index contributed by atoms with van der Waals surface area (Å²) in [5.41, 5.74) is 6.08. The zero-order valence-electron chi connectivity index (χ0n) is 11.6. The molecular formula is C14H18FN3O2. The van der Waals surface area contributed by atoms with Crippen LogP contribution in [0.1, 0.15) is 25.0 Å². The van der Waals surface area contributed by atoms with Gasteiger partial charge in [-0.2, -0.15) is 0 Å². The number of benzene rings is 1. The van der Waals surface area contributed by atoms with Crippen molar-refractivity contribution in [3.05, 3.63) is 35.1 Å². The van der Waals surface area contributed by atoms with E-state index >= 15 is 0 Å². The normalized spacial score (nSPS) is 19.0. The average molecular weight is 279 g/mol. The van der Waals surface area contributed by atoms with E-state index in [0.29, 0.717) is 17.7 Å². The summed E-state index contributed by atoms with van der Waals surface area (Å²) in [7, 11) is 0. The van der Waals surface area contributed by atoms with Crippen LogP contribution < -0.4 is 11.1 Å². The summed E-state index contributed by atoms with van der Waals surface area (Å²) in [5.74, 6) is -1.05. The third kappa shape index (κ3) is 2.86. The Morgan fingerprint density at radius 2 is 1.95 bits per heavy atom. The van der Waals surface area contributed by atoms with Gasteiger partial charge in [0.15, 0.2) is 0 Å². The van der Waals surface area contributed by atoms with Crippen LogP contribution in [0, 0.1) is 5.82 Å². The van der Waals surface area contributed by atoms with Crippen molar-refractivity contribution in [2.75, 3.05) is 6.54 Å². The van der Waals surface area contributed by atoms with Gasteiger partial charge in [-0.25, -0.2) is 4.39 Å². The number of carbonyl (C=O) groups excluding carboxylic acids is 2. The van der Waals surface area contributed by atoms with Crippen LogP contribution in [0.3, 0.4) is 0 Å². The van der Waals surface area contributed by atoms with Gasteiger partial charge in [-0.3, -0.25) is 19.8 Å². The first kappa shape index (κ1) is 14.6. The van der Waals surface area contributed by atoms with E-state index in [9.17, 15) is 14.0 Å². The third-order valence-corrected chi connectivity index (χ3v) is 3.56. The molecule has 0 aliphatic carbocycles. The highest BCUT2D eigenvalue weighted by Crippen LogP contribution is 2.22. The molecule has 1 aliphatic rings. The Labute approximate surface area is 116 Å². The van der Waals surface area contributed by atoms with Gasteiger partial charge >= 0.3 is 0 Å². The maximum absolute atomic E-state index is 13.5. The summed E-state index contributed by atoms with van der Waals surface area (Å²) in [6, 6.07) is 4.56. The minimum Gasteiger partial charge on any atom is -0.326 e. The second-order valence-corrected chi connectivity index (χ2v) is 5.46. The van der Waals surface area contributed by atoms with Gasteiger partial charge in [-0.05, 0) is 37.1 Å². The fourth-order valence-corrected chi connectivity index (χ4v) is 2.23. The van der Waals surface area contributed by atoms with E-state index in [0.717, 1.165) is 0 Å². The standard InChI is InChI=1S/C14H18FN3O2/c1-14(2)13(20)17-12(19)8-18(14)7-10-3-9(6-16)4-11(15)5-10/h3-5H,6-8,16H2,1-2H3,(H,17,19,20). The Balaban J connectivity index is 2.25. The lowest BCUT2D eigenvalue weighted by atomic mass is 9.97. The minimum absolute atomic E-state index is 0.104. The smallest absolute Gasteiger partial charge is 0.246 e. The molecule has 108 valence electrons. The molecule has 6 heteroatoms. The minimum atomic E-state index is -0.816. The molecule has 0 unspecified atom stereocenters. The van der Waals surface area contributed by atoms with Gasteiger partial charge in [-0.15, -0.1) is 0 Å². The van der Waals surface area contributed by atoms with Crippen LogP contribution in [-0.2, 0) is 22.7 Å². The SMILES string of the molecule is CC1(C)C(=O)NC(=O)CN1Cc1cc(F)cc(CN)c1. The molecular weight excluding hydrogens is 261 g/mol. The number of rotatable bonds is 3. The van der Waals surface area contributed by atoms with Gasteiger partial charge in [0.25, 0.3) is 0 Å². The van der Waals surface area contributed by atoms with Gasteiger partial charge in [-0.1, -0.05) is 6.07 Å². The van der Waals surface area contributed by atoms with Crippen LogP contribution in [0.5, 0.6) is 0 Å². The lowest BCUT2D eigenvalue weighted by Crippen LogP contribution is -2.63. The zero-order chi connectivity index (χ0) is 14.9. The maximum atomic E-state index is 13.5. The van der Waals surface area contributed by atoms with Crippen LogP contribution in [0.25, 0.3) is 0 Å². The van der Waals surface area contributed by atoms with E-state index in [1.165, 1.54) is 12.1 Å². The van der Waals surface area contributed by atoms with E-state index in [4.69, 9.17) is 5.73 Å². The Bertz CT molecular complexity index is 557. The first-order valence-electron chi connectivity index (χ1n) is 6.40. The molecule has 1 aromatic rings. The van der Waals surface area contributed by atoms with Crippen molar-refractivity contribution in [2.24, 2.45) is 5.73 Å². The van der Waals surface area contributed by atoms with Crippen LogP contribution >= 0.6 is 0 Å². The molecule has 0 bridgehead atoms. The van der Waals surface area contributed by atoms with Gasteiger partial charge < -0.3 is 5.73 Å². The number of nitrogens with zero attached hydrogens (tertiary/aromatic N) is 1. The van der Waals surface area contributed by atoms with E-state index in [2.05, 4.69) is 5.32 Å². The van der Waals surface area contributed by atoms with Gasteiger partial charge in [0, 0.05) is 13.1 Å². The van der Waals surface area contributed by atoms with Crippen molar-refractivity contribution in [2.45, 2.75) is 32.5 Å². The number of carbonyl (C=O) groups is 2. The molecule has 20 heavy (non-hydrogen) atoms. The lowest BCUT2D eigenvalue weighted by Gasteiger charge is -2.40. The number of piperazine rings is 1. The lowest BCUT2D eigenvalue weighted by molar-refractivity contribution is -0.145. The highest BCUT2D eigenvalue weighted by atomic mass is 19.1. The molecule has 1 fully saturated rings. The highest BCUT2D eigenvalue weighted by Gasteiger charge is 2.40. The topological polar surface area (TPSA) is 75.4 Å². The Morgan fingerprint density at radius 3 is 2.60 bits per heavy atom. The quantitative estimate of drug-likeness (QED) is 0.791. The molecule has 1 aliphatic heterocycles. The predicted octanol–water partition coefficient (Wildman–Crippen LogP) is 0.521. The van der Waals surface area contributed by atoms with Crippen molar-refractivity contribution < 1.29 is 14.0 Å². The monoisotopic (exact) mass is 279 g/mol. The van der Waals surface area contributed by atoms with E-state index < -0.39 is 5.54 Å². The number of nitrogens with one attached hydrogen (secondary N) is 1. The molecule has 0 atom stereocenters. The van der Waals surface area contributed by atoms with Crippen LogP contribution in [0.4, 0.5) is 4.39 Å². The molecule has 1 heterocycles. The first-order chi connectivity index (χ1) is 9.32. The molecule has 0 radical (unpaired) electrons. The summed E-state index contributed by atoms with van der Waals surface area (Å²) < 4.78 is 13.5. The Morgan fingerprint density at radius 1 is 1.30 bits per heavy atom. The number of hydrogen-bond donors (Lipinski definition) is 2. The number of hydrogen-bond acceptors (Lipinski definition) is 4. The second kappa shape index (κ2) is 5.30. The van der Waals surface area contributed by atoms with Crippen molar-refractivity contribution in [1.29, 1.82) is 0 Å². The number of halogens is 1. The summed E-state index contributed by atoms with van der Waals surface area (Å²) in [5, 5.41) is 2.31. The Kier molecular flexibility index (Phi) is 3.87. The molecule has 5 nitrogen and oxygen atoms in total. The van der Waals surface area contributed by atoms with Gasteiger partial charge in [0.1, 0.15) is 5.82 Å². The van der Waals surface area contributed by atoms with Crippen molar-refractivity contribution in [3.8, 4) is 0 Å². The molecule has 2 rings (SSSR count). The van der Waals surface area contributed by atoms with Crippen molar-refractivity contribution >= 4 is 11.8 Å². The van der Waals surface area contributed by atoms with Crippen LogP contribution in [-0.4, -0.2) is 28.8 Å². The fourth-order valence-electron chi connectivity index (χ4n) is 2.23. The number of amides is 2. The number of imide groups is 1. The summed E-state index contributed by atoms with van der Waals surface area (Å²) in [4.78, 5) is 25.1. The molecule has 0 saturated carbocycles. The van der Waals surface area contributed by atoms with Crippen molar-refractivity contribution in [3.63, 3.8) is 0 Å². The van der Waals surface area contributed by atoms with Crippen LogP contribution in [0.2, 0.25) is 0 Å². The molecule has 3 N–H and O–H groups in total. The largest absolute Gasteiger partial charge is 0.326 e. The fraction of sp³-hybridized carbons (Fsp3) is 0.429. The summed E-state index contributed by atoms with van der Waals surface area (Å²) >= 11 is 0. The predicted molar refractivity (Wildman–Crippen MR) is 71.9 cm³/mol. The summed E-state index contributed by atoms with van der Waals surface area (Å²) in [6.07, 6.45) is 0. The zero-order valence-corrected chi connectivity index (χ0v) is 11.6. The molecule has 1 saturated heterocycles. The van der Waals surface area contributed by atoms with Crippen LogP contribution in [0.15, 0.2) is 18.2 Å². The molecule has 2 amide bonds. The van der Waals surface area contributed by atoms with Crippen molar-refractivity contribution in [1.82, 2.24) is 10.2 Å². The molecule has 0 aromatic heterocycles. The Hall–Kier alpha value is -1.79. The molecule has 0 spiro atoms. The highest BCUT2D eigenvalue weighted by molar-refractivity contribution is 6.02. The summed E-state index contributed by atoms with van der Waals surface area (Å²) in [6.45, 7) is 4.13. The van der Waals surface area contributed by atoms with E-state index in [1.807, 2.05) is 0 Å². The number of nitrogens with two attached hydrogens (primary N) is 1. The van der Waals surface area contributed by atoms with E-state index in [-0.39, 0.29) is 30.7 Å². The first-order valence-corrected chi connectivity index (χ1v) is 6.40. The van der Waals surface area contributed by atoms with Gasteiger partial charge in [0.2, 0.25) is 11.8 Å².